The Morgan fingerprint density at radius 2 is 1.95 bits per heavy atom. The molecule has 3 rings (SSSR count). The highest BCUT2D eigenvalue weighted by Crippen LogP contribution is 2.15. The van der Waals surface area contributed by atoms with E-state index in [9.17, 15) is 9.59 Å². The third-order valence-corrected chi connectivity index (χ3v) is 3.41. The number of nitrogens with zero attached hydrogens (tertiary/aromatic N) is 2. The van der Waals surface area contributed by atoms with Crippen molar-refractivity contribution in [2.45, 2.75) is 26.4 Å². The maximum Gasteiger partial charge on any atom is 0.348 e. The largest absolute Gasteiger partial charge is 0.366 e. The maximum absolute atomic E-state index is 12.0. The van der Waals surface area contributed by atoms with Gasteiger partial charge in [0.1, 0.15) is 11.3 Å². The summed E-state index contributed by atoms with van der Waals surface area (Å²) in [6.07, 6.45) is 0.786. The van der Waals surface area contributed by atoms with E-state index in [1.165, 1.54) is 4.57 Å². The van der Waals surface area contributed by atoms with Crippen LogP contribution in [0.25, 0.3) is 11.2 Å². The number of fused-ring (bicyclic) bond motifs is 1. The summed E-state index contributed by atoms with van der Waals surface area (Å²) in [5.74, 6) is 0.478. The molecule has 3 aromatic rings. The highest BCUT2D eigenvalue weighted by molar-refractivity contribution is 5.82. The number of hydrogen-bond acceptors (Lipinski definition) is 4. The third kappa shape index (κ3) is 2.65. The van der Waals surface area contributed by atoms with Gasteiger partial charge in [-0.2, -0.15) is 4.98 Å². The lowest BCUT2D eigenvalue weighted by Crippen LogP contribution is -2.18. The van der Waals surface area contributed by atoms with Crippen LogP contribution in [-0.2, 0) is 13.1 Å². The van der Waals surface area contributed by atoms with E-state index in [0.717, 1.165) is 12.0 Å². The highest BCUT2D eigenvalue weighted by Gasteiger charge is 2.13. The number of H-pyrrole nitrogens is 2. The molecule has 0 aliphatic rings. The Bertz CT molecular complexity index is 892. The summed E-state index contributed by atoms with van der Waals surface area (Å²) in [6, 6.07) is 9.80. The van der Waals surface area contributed by atoms with Crippen LogP contribution in [0.3, 0.4) is 0 Å². The van der Waals surface area contributed by atoms with Crippen LogP contribution in [0, 0.1) is 0 Å². The first-order chi connectivity index (χ1) is 10.7. The number of nitrogens with one attached hydrogen (secondary N) is 3. The van der Waals surface area contributed by atoms with Gasteiger partial charge in [0.05, 0.1) is 0 Å². The normalized spacial score (nSPS) is 11.0. The van der Waals surface area contributed by atoms with Crippen molar-refractivity contribution in [2.24, 2.45) is 0 Å². The SMILES string of the molecule is CCCn1c(=O)[nH]c2c(NCc3ccccc3)[nH]c(=O)nc21. The second-order valence-electron chi connectivity index (χ2n) is 5.04. The van der Waals surface area contributed by atoms with Crippen LogP contribution >= 0.6 is 0 Å². The molecule has 0 fully saturated rings. The van der Waals surface area contributed by atoms with Gasteiger partial charge in [-0.3, -0.25) is 9.55 Å². The van der Waals surface area contributed by atoms with Crippen LogP contribution in [0.15, 0.2) is 39.9 Å². The van der Waals surface area contributed by atoms with Crippen LogP contribution in [0.5, 0.6) is 0 Å². The van der Waals surface area contributed by atoms with E-state index in [-0.39, 0.29) is 5.69 Å². The molecule has 114 valence electrons. The number of benzene rings is 1. The Hall–Kier alpha value is -2.83. The molecule has 0 amide bonds. The molecule has 0 radical (unpaired) electrons. The Kier molecular flexibility index (Phi) is 3.78. The Labute approximate surface area is 126 Å². The molecule has 0 saturated carbocycles. The van der Waals surface area contributed by atoms with Crippen LogP contribution in [0.2, 0.25) is 0 Å². The van der Waals surface area contributed by atoms with Gasteiger partial charge in [0, 0.05) is 13.1 Å². The van der Waals surface area contributed by atoms with Crippen molar-refractivity contribution in [3.05, 3.63) is 56.9 Å². The maximum atomic E-state index is 12.0. The summed E-state index contributed by atoms with van der Waals surface area (Å²) in [7, 11) is 0. The van der Waals surface area contributed by atoms with E-state index in [1.54, 1.807) is 0 Å². The minimum Gasteiger partial charge on any atom is -0.366 e. The van der Waals surface area contributed by atoms with Crippen molar-refractivity contribution in [1.82, 2.24) is 19.5 Å². The molecular weight excluding hydrogens is 282 g/mol. The zero-order valence-electron chi connectivity index (χ0n) is 12.2. The highest BCUT2D eigenvalue weighted by atomic mass is 16.2. The number of aryl methyl sites for hydroxylation is 1. The van der Waals surface area contributed by atoms with Crippen molar-refractivity contribution in [1.29, 1.82) is 0 Å². The van der Waals surface area contributed by atoms with Gasteiger partial charge in [-0.15, -0.1) is 0 Å². The van der Waals surface area contributed by atoms with E-state index in [2.05, 4.69) is 20.3 Å². The quantitative estimate of drug-likeness (QED) is 0.664. The second kappa shape index (κ2) is 5.88. The molecule has 7 heteroatoms. The van der Waals surface area contributed by atoms with Gasteiger partial charge in [0.2, 0.25) is 0 Å². The first kappa shape index (κ1) is 14.1. The van der Waals surface area contributed by atoms with Crippen molar-refractivity contribution in [3.8, 4) is 0 Å². The average Bonchev–Trinajstić information content (AvgIpc) is 2.83. The van der Waals surface area contributed by atoms with E-state index < -0.39 is 5.69 Å². The second-order valence-corrected chi connectivity index (χ2v) is 5.04. The van der Waals surface area contributed by atoms with Crippen LogP contribution < -0.4 is 16.7 Å². The van der Waals surface area contributed by atoms with E-state index >= 15 is 0 Å². The molecule has 0 aliphatic carbocycles. The predicted octanol–water partition coefficient (Wildman–Crippen LogP) is 1.43. The summed E-state index contributed by atoms with van der Waals surface area (Å²) in [6.45, 7) is 3.03. The van der Waals surface area contributed by atoms with Gasteiger partial charge in [-0.25, -0.2) is 9.59 Å². The standard InChI is InChI=1S/C15H17N5O2/c1-2-8-20-13-11(17-15(20)22)12(18-14(21)19-13)16-9-10-6-4-3-5-7-10/h3-7H,2,8-9H2,1H3,(H,17,22)(H2,16,18,19,21). The van der Waals surface area contributed by atoms with Crippen molar-refractivity contribution >= 4 is 17.0 Å². The van der Waals surface area contributed by atoms with Gasteiger partial charge in [0.25, 0.3) is 0 Å². The Morgan fingerprint density at radius 1 is 1.18 bits per heavy atom. The summed E-state index contributed by atoms with van der Waals surface area (Å²) in [5.41, 5.74) is 1.24. The third-order valence-electron chi connectivity index (χ3n) is 3.41. The number of aromatic amines is 2. The predicted molar refractivity (Wildman–Crippen MR) is 85.0 cm³/mol. The lowest BCUT2D eigenvalue weighted by atomic mass is 10.2. The first-order valence-electron chi connectivity index (χ1n) is 7.19. The molecule has 3 N–H and O–H groups in total. The van der Waals surface area contributed by atoms with Gasteiger partial charge >= 0.3 is 11.4 Å². The molecule has 0 atom stereocenters. The molecule has 0 unspecified atom stereocenters. The number of anilines is 1. The van der Waals surface area contributed by atoms with Gasteiger partial charge in [0.15, 0.2) is 5.65 Å². The minimum atomic E-state index is -0.480. The van der Waals surface area contributed by atoms with Gasteiger partial charge in [-0.1, -0.05) is 37.3 Å². The fourth-order valence-electron chi connectivity index (χ4n) is 2.40. The average molecular weight is 299 g/mol. The van der Waals surface area contributed by atoms with E-state index in [4.69, 9.17) is 0 Å². The molecule has 1 aromatic carbocycles. The summed E-state index contributed by atoms with van der Waals surface area (Å²) in [4.78, 5) is 33.0. The van der Waals surface area contributed by atoms with E-state index in [1.807, 2.05) is 37.3 Å². The molecule has 2 aromatic heterocycles. The molecule has 0 bridgehead atoms. The van der Waals surface area contributed by atoms with Crippen molar-refractivity contribution < 1.29 is 0 Å². The zero-order chi connectivity index (χ0) is 15.5. The number of aromatic nitrogens is 4. The molecule has 2 heterocycles. The van der Waals surface area contributed by atoms with Crippen molar-refractivity contribution in [3.63, 3.8) is 0 Å². The molecule has 0 aliphatic heterocycles. The molecule has 0 spiro atoms. The summed E-state index contributed by atoms with van der Waals surface area (Å²) in [5, 5.41) is 3.15. The molecule has 7 nitrogen and oxygen atoms in total. The Morgan fingerprint density at radius 3 is 2.68 bits per heavy atom. The monoisotopic (exact) mass is 299 g/mol. The number of rotatable bonds is 5. The summed E-state index contributed by atoms with van der Waals surface area (Å²) >= 11 is 0. The van der Waals surface area contributed by atoms with E-state index in [0.29, 0.717) is 30.1 Å². The number of hydrogen-bond donors (Lipinski definition) is 3. The minimum absolute atomic E-state index is 0.258. The van der Waals surface area contributed by atoms with Crippen LogP contribution in [0.4, 0.5) is 5.82 Å². The number of imidazole rings is 1. The summed E-state index contributed by atoms with van der Waals surface area (Å²) < 4.78 is 1.48. The lowest BCUT2D eigenvalue weighted by molar-refractivity contribution is 0.668. The topological polar surface area (TPSA) is 95.6 Å². The smallest absolute Gasteiger partial charge is 0.348 e. The fraction of sp³-hybridized carbons (Fsp3) is 0.267. The zero-order valence-corrected chi connectivity index (χ0v) is 12.2. The fourth-order valence-corrected chi connectivity index (χ4v) is 2.40. The van der Waals surface area contributed by atoms with Gasteiger partial charge in [-0.05, 0) is 12.0 Å². The van der Waals surface area contributed by atoms with Crippen LogP contribution in [0.1, 0.15) is 18.9 Å². The molecule has 22 heavy (non-hydrogen) atoms. The first-order valence-corrected chi connectivity index (χ1v) is 7.19. The van der Waals surface area contributed by atoms with Gasteiger partial charge < -0.3 is 10.3 Å². The van der Waals surface area contributed by atoms with Crippen LogP contribution in [-0.4, -0.2) is 19.5 Å². The molecular formula is C15H17N5O2. The lowest BCUT2D eigenvalue weighted by Gasteiger charge is -2.07. The van der Waals surface area contributed by atoms with Crippen molar-refractivity contribution in [2.75, 3.05) is 5.32 Å². The Balaban J connectivity index is 2.00. The molecule has 0 saturated heterocycles.